The second kappa shape index (κ2) is 13.4. The minimum absolute atomic E-state index is 0.000720. The molecule has 250 valence electrons. The number of anilines is 2. The molecule has 2 fully saturated rings. The van der Waals surface area contributed by atoms with Gasteiger partial charge in [0, 0.05) is 57.9 Å². The Labute approximate surface area is 273 Å². The minimum Gasteiger partial charge on any atom is -0.408 e. The number of halogens is 1. The van der Waals surface area contributed by atoms with E-state index in [9.17, 15) is 14.0 Å². The minimum atomic E-state index is -2.03. The van der Waals surface area contributed by atoms with Crippen LogP contribution in [-0.4, -0.2) is 74.7 Å². The Bertz CT molecular complexity index is 1640. The smallest absolute Gasteiger partial charge is 0.261 e. The number of nitrogens with one attached hydrogen (secondary N) is 1. The third-order valence-corrected chi connectivity index (χ3v) is 14.6. The number of rotatable bonds is 8. The first-order valence-corrected chi connectivity index (χ1v) is 19.4. The first-order valence-electron chi connectivity index (χ1n) is 16.5. The van der Waals surface area contributed by atoms with Crippen LogP contribution in [0.25, 0.3) is 10.9 Å². The van der Waals surface area contributed by atoms with Crippen LogP contribution in [0.4, 0.5) is 15.8 Å². The summed E-state index contributed by atoms with van der Waals surface area (Å²) in [5.74, 6) is 0.645. The van der Waals surface area contributed by atoms with Crippen molar-refractivity contribution in [1.82, 2.24) is 14.5 Å². The van der Waals surface area contributed by atoms with Gasteiger partial charge in [-0.25, -0.2) is 9.37 Å². The van der Waals surface area contributed by atoms with Crippen molar-refractivity contribution in [3.05, 3.63) is 63.5 Å². The summed E-state index contributed by atoms with van der Waals surface area (Å²) >= 11 is 0. The Kier molecular flexibility index (Phi) is 9.96. The number of ether oxygens (including phenoxy) is 1. The van der Waals surface area contributed by atoms with Gasteiger partial charge < -0.3 is 24.3 Å². The Morgan fingerprint density at radius 1 is 1.13 bits per heavy atom. The van der Waals surface area contributed by atoms with Crippen molar-refractivity contribution < 1.29 is 18.3 Å². The largest absolute Gasteiger partial charge is 0.408 e. The molecule has 2 aliphatic heterocycles. The van der Waals surface area contributed by atoms with Gasteiger partial charge in [0.15, 0.2) is 8.32 Å². The molecule has 0 spiro atoms. The number of carbonyl (C=O) groups excluding carboxylic acids is 1. The monoisotopic (exact) mass is 651 g/mol. The van der Waals surface area contributed by atoms with Crippen LogP contribution in [0.2, 0.25) is 18.1 Å². The highest BCUT2D eigenvalue weighted by Crippen LogP contribution is 2.37. The predicted octanol–water partition coefficient (Wildman–Crippen LogP) is 6.12. The summed E-state index contributed by atoms with van der Waals surface area (Å²) in [6.07, 6.45) is 1.67. The second-order valence-electron chi connectivity index (χ2n) is 14.4. The third kappa shape index (κ3) is 7.16. The van der Waals surface area contributed by atoms with Crippen LogP contribution < -0.4 is 15.8 Å². The van der Waals surface area contributed by atoms with Crippen molar-refractivity contribution >= 4 is 36.5 Å². The van der Waals surface area contributed by atoms with Gasteiger partial charge in [0.05, 0.1) is 28.3 Å². The van der Waals surface area contributed by atoms with Gasteiger partial charge in [-0.1, -0.05) is 26.8 Å². The maximum atomic E-state index is 14.7. The molecule has 0 aliphatic carbocycles. The fraction of sp³-hybridized carbons (Fsp3) is 0.571. The van der Waals surface area contributed by atoms with Crippen LogP contribution in [0.3, 0.4) is 0 Å². The third-order valence-electron chi connectivity index (χ3n) is 10.1. The second-order valence-corrected chi connectivity index (χ2v) is 19.2. The van der Waals surface area contributed by atoms with E-state index < -0.39 is 8.32 Å². The maximum absolute atomic E-state index is 14.7. The lowest BCUT2D eigenvalue weighted by atomic mass is 9.97. The average molecular weight is 652 g/mol. The molecule has 11 heteroatoms. The highest BCUT2D eigenvalue weighted by atomic mass is 28.4. The molecule has 1 atom stereocenters. The van der Waals surface area contributed by atoms with E-state index in [1.165, 1.54) is 6.07 Å². The molecule has 1 amide bonds. The molecule has 3 aromatic rings. The van der Waals surface area contributed by atoms with Crippen molar-refractivity contribution in [3.8, 4) is 0 Å². The zero-order valence-corrected chi connectivity index (χ0v) is 29.7. The lowest BCUT2D eigenvalue weighted by molar-refractivity contribution is -0.134. The predicted molar refractivity (Wildman–Crippen MR) is 185 cm³/mol. The van der Waals surface area contributed by atoms with E-state index in [4.69, 9.17) is 14.1 Å². The summed E-state index contributed by atoms with van der Waals surface area (Å²) in [6, 6.07) is 8.56. The molecule has 46 heavy (non-hydrogen) atoms. The van der Waals surface area contributed by atoms with Crippen molar-refractivity contribution in [2.45, 2.75) is 77.6 Å². The Hall–Kier alpha value is -3.28. The molecule has 9 nitrogen and oxygen atoms in total. The molecule has 3 heterocycles. The van der Waals surface area contributed by atoms with Gasteiger partial charge in [0.25, 0.3) is 5.56 Å². The fourth-order valence-electron chi connectivity index (χ4n) is 6.17. The Morgan fingerprint density at radius 2 is 1.80 bits per heavy atom. The SMILES string of the molecule is Cc1cc([C@@H](C)Nc2ccc(F)cc2N2CCN(C(=O)CO[Si](C)(C)C(C)(C)C)CC2)c2nc(C3CCOCC3)n(C)c(=O)c2c1. The fourth-order valence-corrected chi connectivity index (χ4v) is 7.08. The highest BCUT2D eigenvalue weighted by molar-refractivity contribution is 6.74. The van der Waals surface area contributed by atoms with E-state index >= 15 is 0 Å². The number of aromatic nitrogens is 2. The summed E-state index contributed by atoms with van der Waals surface area (Å²) < 4.78 is 28.1. The zero-order valence-electron chi connectivity index (χ0n) is 28.7. The van der Waals surface area contributed by atoms with E-state index in [0.717, 1.165) is 41.2 Å². The summed E-state index contributed by atoms with van der Waals surface area (Å²) in [4.78, 5) is 35.7. The normalized spacial score (nSPS) is 17.4. The number of amides is 1. The lowest BCUT2D eigenvalue weighted by Crippen LogP contribution is -2.51. The number of fused-ring (bicyclic) bond motifs is 1. The van der Waals surface area contributed by atoms with E-state index in [2.05, 4.69) is 50.1 Å². The first-order chi connectivity index (χ1) is 21.7. The quantitative estimate of drug-likeness (QED) is 0.294. The summed E-state index contributed by atoms with van der Waals surface area (Å²) in [7, 11) is -0.222. The topological polar surface area (TPSA) is 88.9 Å². The van der Waals surface area contributed by atoms with Gasteiger partial charge in [-0.2, -0.15) is 0 Å². The number of piperazine rings is 1. The van der Waals surface area contributed by atoms with Crippen molar-refractivity contribution in [2.24, 2.45) is 7.05 Å². The standard InChI is InChI=1S/C35H50FN5O4Si/c1-23-19-27(32-28(20-23)34(43)39(6)33(38-32)25-11-17-44-18-12-25)24(2)37-29-10-9-26(36)21-30(29)40-13-15-41(16-14-40)31(42)22-45-46(7,8)35(3,4)5/h9-10,19-21,24-25,37H,11-18,22H2,1-8H3/t24-/m1/s1. The first kappa shape index (κ1) is 34.1. The van der Waals surface area contributed by atoms with Gasteiger partial charge in [0.1, 0.15) is 18.2 Å². The van der Waals surface area contributed by atoms with Gasteiger partial charge in [0.2, 0.25) is 5.91 Å². The van der Waals surface area contributed by atoms with E-state index in [1.807, 2.05) is 31.9 Å². The molecule has 2 saturated heterocycles. The maximum Gasteiger partial charge on any atom is 0.261 e. The van der Waals surface area contributed by atoms with Crippen LogP contribution in [0.1, 0.15) is 69.4 Å². The highest BCUT2D eigenvalue weighted by Gasteiger charge is 2.38. The van der Waals surface area contributed by atoms with Crippen molar-refractivity contribution in [1.29, 1.82) is 0 Å². The van der Waals surface area contributed by atoms with Gasteiger partial charge >= 0.3 is 0 Å². The van der Waals surface area contributed by atoms with Crippen LogP contribution in [-0.2, 0) is 21.0 Å². The van der Waals surface area contributed by atoms with E-state index in [1.54, 1.807) is 16.7 Å². The van der Waals surface area contributed by atoms with E-state index in [0.29, 0.717) is 50.3 Å². The number of hydrogen-bond donors (Lipinski definition) is 1. The molecule has 1 aromatic heterocycles. The molecular formula is C35H50FN5O4Si. The Balaban J connectivity index is 1.35. The van der Waals surface area contributed by atoms with Crippen LogP contribution in [0, 0.1) is 12.7 Å². The number of carbonyl (C=O) groups is 1. The van der Waals surface area contributed by atoms with Crippen LogP contribution in [0.15, 0.2) is 35.1 Å². The molecule has 0 unspecified atom stereocenters. The molecule has 2 aliphatic rings. The number of aryl methyl sites for hydroxylation is 1. The summed E-state index contributed by atoms with van der Waals surface area (Å²) in [5, 5.41) is 4.25. The molecule has 1 N–H and O–H groups in total. The molecular weight excluding hydrogens is 602 g/mol. The van der Waals surface area contributed by atoms with Crippen LogP contribution >= 0.6 is 0 Å². The summed E-state index contributed by atoms with van der Waals surface area (Å²) in [5.41, 5.74) is 4.09. The summed E-state index contributed by atoms with van der Waals surface area (Å²) in [6.45, 7) is 18.5. The van der Waals surface area contributed by atoms with Gasteiger partial charge in [-0.05, 0) is 74.7 Å². The zero-order chi connectivity index (χ0) is 33.4. The van der Waals surface area contributed by atoms with E-state index in [-0.39, 0.29) is 40.9 Å². The molecule has 0 saturated carbocycles. The van der Waals surface area contributed by atoms with Crippen molar-refractivity contribution in [3.63, 3.8) is 0 Å². The van der Waals surface area contributed by atoms with Gasteiger partial charge in [-0.3, -0.25) is 14.2 Å². The Morgan fingerprint density at radius 3 is 2.46 bits per heavy atom. The van der Waals surface area contributed by atoms with Crippen LogP contribution in [0.5, 0.6) is 0 Å². The number of hydrogen-bond acceptors (Lipinski definition) is 7. The van der Waals surface area contributed by atoms with Crippen molar-refractivity contribution in [2.75, 3.05) is 56.2 Å². The lowest BCUT2D eigenvalue weighted by Gasteiger charge is -2.39. The number of benzene rings is 2. The van der Waals surface area contributed by atoms with Gasteiger partial charge in [-0.15, -0.1) is 0 Å². The molecule has 2 aromatic carbocycles. The average Bonchev–Trinajstić information content (AvgIpc) is 3.02. The number of nitrogens with zero attached hydrogens (tertiary/aromatic N) is 4. The molecule has 0 bridgehead atoms. The molecule has 0 radical (unpaired) electrons. The molecule has 5 rings (SSSR count).